The number of aromatic hydroxyl groups is 1. The number of fused-ring (bicyclic) bond motifs is 1. The summed E-state index contributed by atoms with van der Waals surface area (Å²) in [4.78, 5) is 24.8. The van der Waals surface area contributed by atoms with Gasteiger partial charge in [0, 0.05) is 19.4 Å². The second-order valence-electron chi connectivity index (χ2n) is 6.93. The minimum absolute atomic E-state index is 0.0652. The number of esters is 2. The van der Waals surface area contributed by atoms with E-state index in [1.807, 2.05) is 42.5 Å². The van der Waals surface area contributed by atoms with Crippen molar-refractivity contribution in [3.63, 3.8) is 0 Å². The number of methoxy groups -OCH3 is 1. The van der Waals surface area contributed by atoms with Gasteiger partial charge in [-0.2, -0.15) is 0 Å². The third kappa shape index (κ3) is 3.58. The maximum atomic E-state index is 12.6. The highest BCUT2D eigenvalue weighted by atomic mass is 16.7. The molecule has 6 nitrogen and oxygen atoms in total. The number of phenols is 1. The van der Waals surface area contributed by atoms with Crippen molar-refractivity contribution in [3.05, 3.63) is 64.2 Å². The second kappa shape index (κ2) is 7.38. The fourth-order valence-corrected chi connectivity index (χ4v) is 3.20. The van der Waals surface area contributed by atoms with Crippen LogP contribution in [0.5, 0.6) is 11.5 Å². The van der Waals surface area contributed by atoms with Crippen molar-refractivity contribution in [1.29, 1.82) is 0 Å². The summed E-state index contributed by atoms with van der Waals surface area (Å²) >= 11 is 0. The van der Waals surface area contributed by atoms with Gasteiger partial charge in [-0.1, -0.05) is 42.5 Å². The first-order valence-electron chi connectivity index (χ1n) is 8.86. The molecule has 28 heavy (non-hydrogen) atoms. The van der Waals surface area contributed by atoms with E-state index in [2.05, 4.69) is 0 Å². The zero-order chi connectivity index (χ0) is 20.5. The number of carbonyl (C=O) groups is 2. The Balaban J connectivity index is 2.14. The molecule has 1 heterocycles. The predicted octanol–water partition coefficient (Wildman–Crippen LogP) is 4.03. The van der Waals surface area contributed by atoms with Gasteiger partial charge in [0.25, 0.3) is 0 Å². The molecule has 0 bridgehead atoms. The lowest BCUT2D eigenvalue weighted by molar-refractivity contribution is -0.127. The smallest absolute Gasteiger partial charge is 0.345 e. The summed E-state index contributed by atoms with van der Waals surface area (Å²) in [5.41, 5.74) is 1.63. The first kappa shape index (κ1) is 19.5. The van der Waals surface area contributed by atoms with E-state index in [0.717, 1.165) is 5.56 Å². The van der Waals surface area contributed by atoms with E-state index in [4.69, 9.17) is 14.2 Å². The Bertz CT molecular complexity index is 957. The Labute approximate surface area is 163 Å². The maximum absolute atomic E-state index is 12.6. The summed E-state index contributed by atoms with van der Waals surface area (Å²) in [5.74, 6) is -2.56. The van der Waals surface area contributed by atoms with Crippen molar-refractivity contribution < 1.29 is 28.9 Å². The number of cyclic esters (lactones) is 1. The molecule has 0 fully saturated rings. The van der Waals surface area contributed by atoms with E-state index in [0.29, 0.717) is 5.56 Å². The molecule has 2 aromatic rings. The summed E-state index contributed by atoms with van der Waals surface area (Å²) < 4.78 is 16.0. The molecule has 0 amide bonds. The number of rotatable bonds is 4. The zero-order valence-corrected chi connectivity index (χ0v) is 16.2. The molecule has 0 unspecified atom stereocenters. The molecule has 0 radical (unpaired) electrons. The van der Waals surface area contributed by atoms with Crippen LogP contribution >= 0.6 is 0 Å². The van der Waals surface area contributed by atoms with Gasteiger partial charge in [-0.05, 0) is 24.5 Å². The van der Waals surface area contributed by atoms with Crippen molar-refractivity contribution in [2.24, 2.45) is 0 Å². The molecule has 146 valence electrons. The van der Waals surface area contributed by atoms with Crippen LogP contribution in [0.1, 0.15) is 51.3 Å². The normalized spacial score (nSPS) is 14.9. The van der Waals surface area contributed by atoms with Gasteiger partial charge in [0.15, 0.2) is 0 Å². The Morgan fingerprint density at radius 2 is 1.89 bits per heavy atom. The summed E-state index contributed by atoms with van der Waals surface area (Å²) in [7, 11) is 1.22. The van der Waals surface area contributed by atoms with E-state index >= 15 is 0 Å². The topological polar surface area (TPSA) is 82.1 Å². The van der Waals surface area contributed by atoms with Gasteiger partial charge in [-0.3, -0.25) is 0 Å². The second-order valence-corrected chi connectivity index (χ2v) is 6.93. The van der Waals surface area contributed by atoms with Crippen molar-refractivity contribution >= 4 is 18.0 Å². The summed E-state index contributed by atoms with van der Waals surface area (Å²) in [6, 6.07) is 9.64. The monoisotopic (exact) mass is 382 g/mol. The van der Waals surface area contributed by atoms with Crippen LogP contribution in [0.2, 0.25) is 0 Å². The maximum Gasteiger partial charge on any atom is 0.345 e. The molecule has 0 saturated heterocycles. The van der Waals surface area contributed by atoms with E-state index in [9.17, 15) is 14.7 Å². The van der Waals surface area contributed by atoms with Gasteiger partial charge >= 0.3 is 11.9 Å². The number of hydrogen-bond acceptors (Lipinski definition) is 6. The van der Waals surface area contributed by atoms with Crippen molar-refractivity contribution in [1.82, 2.24) is 0 Å². The quantitative estimate of drug-likeness (QED) is 0.804. The lowest BCUT2D eigenvalue weighted by atomic mass is 9.93. The van der Waals surface area contributed by atoms with Gasteiger partial charge in [-0.25, -0.2) is 9.59 Å². The Morgan fingerprint density at radius 1 is 1.21 bits per heavy atom. The van der Waals surface area contributed by atoms with E-state index in [1.54, 1.807) is 20.8 Å². The number of ether oxygens (including phenoxy) is 3. The van der Waals surface area contributed by atoms with Crippen molar-refractivity contribution in [3.8, 4) is 11.5 Å². The molecule has 1 aliphatic heterocycles. The molecular weight excluding hydrogens is 360 g/mol. The van der Waals surface area contributed by atoms with Crippen molar-refractivity contribution in [2.45, 2.75) is 33.0 Å². The fourth-order valence-electron chi connectivity index (χ4n) is 3.20. The molecule has 1 N–H and O–H groups in total. The average Bonchev–Trinajstić information content (AvgIpc) is 2.63. The van der Waals surface area contributed by atoms with Crippen LogP contribution in [0.25, 0.3) is 6.08 Å². The highest BCUT2D eigenvalue weighted by Gasteiger charge is 2.39. The molecule has 3 rings (SSSR count). The molecule has 2 aromatic carbocycles. The third-order valence-electron chi connectivity index (χ3n) is 4.49. The molecule has 1 aliphatic rings. The van der Waals surface area contributed by atoms with Crippen LogP contribution in [-0.2, 0) is 15.9 Å². The van der Waals surface area contributed by atoms with Crippen LogP contribution in [0.15, 0.2) is 36.4 Å². The van der Waals surface area contributed by atoms with Crippen LogP contribution in [0.4, 0.5) is 0 Å². The standard InChI is InChI=1S/C22H22O6/c1-13-16(20(24)26-4)18(23)15(12-8-11-14-9-6-5-7-10-14)19-17(13)21(25)28-22(2,3)27-19/h5-11,23H,12H2,1-4H3/b11-8+. The summed E-state index contributed by atoms with van der Waals surface area (Å²) in [6.07, 6.45) is 3.96. The summed E-state index contributed by atoms with van der Waals surface area (Å²) in [6.45, 7) is 4.77. The third-order valence-corrected chi connectivity index (χ3v) is 4.49. The number of benzene rings is 2. The highest BCUT2D eigenvalue weighted by Crippen LogP contribution is 2.44. The van der Waals surface area contributed by atoms with Gasteiger partial charge in [0.1, 0.15) is 22.6 Å². The first-order chi connectivity index (χ1) is 13.2. The van der Waals surface area contributed by atoms with E-state index < -0.39 is 17.7 Å². The SMILES string of the molecule is COC(=O)c1c(C)c2c(c(C/C=C/c3ccccc3)c1O)OC(C)(C)OC2=O. The molecule has 0 aromatic heterocycles. The Morgan fingerprint density at radius 3 is 2.54 bits per heavy atom. The first-order valence-corrected chi connectivity index (χ1v) is 8.86. The molecule has 0 aliphatic carbocycles. The highest BCUT2D eigenvalue weighted by molar-refractivity contribution is 6.03. The fraction of sp³-hybridized carbons (Fsp3) is 0.273. The number of hydrogen-bond donors (Lipinski definition) is 1. The summed E-state index contributed by atoms with van der Waals surface area (Å²) in [5, 5.41) is 10.8. The minimum Gasteiger partial charge on any atom is -0.507 e. The van der Waals surface area contributed by atoms with Crippen LogP contribution in [0.3, 0.4) is 0 Å². The van der Waals surface area contributed by atoms with Crippen LogP contribution < -0.4 is 4.74 Å². The molecular formula is C22H22O6. The van der Waals surface area contributed by atoms with Crippen LogP contribution in [0, 0.1) is 6.92 Å². The predicted molar refractivity (Wildman–Crippen MR) is 103 cm³/mol. The average molecular weight is 382 g/mol. The van der Waals surface area contributed by atoms with Gasteiger partial charge < -0.3 is 19.3 Å². The number of carbonyl (C=O) groups excluding carboxylic acids is 2. The van der Waals surface area contributed by atoms with Crippen molar-refractivity contribution in [2.75, 3.05) is 7.11 Å². The largest absolute Gasteiger partial charge is 0.507 e. The van der Waals surface area contributed by atoms with E-state index in [-0.39, 0.29) is 34.6 Å². The Kier molecular flexibility index (Phi) is 5.14. The molecule has 0 atom stereocenters. The van der Waals surface area contributed by atoms with Gasteiger partial charge in [-0.15, -0.1) is 0 Å². The van der Waals surface area contributed by atoms with Gasteiger partial charge in [0.2, 0.25) is 5.79 Å². The lowest BCUT2D eigenvalue weighted by Gasteiger charge is -2.34. The zero-order valence-electron chi connectivity index (χ0n) is 16.2. The minimum atomic E-state index is -1.19. The Hall–Kier alpha value is -3.28. The number of phenolic OH excluding ortho intramolecular Hbond substituents is 1. The van der Waals surface area contributed by atoms with Gasteiger partial charge in [0.05, 0.1) is 7.11 Å². The number of allylic oxidation sites excluding steroid dienone is 1. The lowest BCUT2D eigenvalue weighted by Crippen LogP contribution is -2.40. The van der Waals surface area contributed by atoms with E-state index in [1.165, 1.54) is 7.11 Å². The molecule has 6 heteroatoms. The van der Waals surface area contributed by atoms with Crippen LogP contribution in [-0.4, -0.2) is 29.9 Å². The molecule has 0 spiro atoms. The molecule has 0 saturated carbocycles.